The highest BCUT2D eigenvalue weighted by atomic mass is 32.1. The molecule has 124 valence electrons. The largest absolute Gasteiger partial charge is 0.435 e. The maximum Gasteiger partial charge on any atom is 0.387 e. The van der Waals surface area contributed by atoms with Crippen molar-refractivity contribution < 1.29 is 23.4 Å². The molecular formula is C15H16F2N2O3S. The number of hydrogen-bond acceptors (Lipinski definition) is 5. The Bertz CT molecular complexity index is 646. The molecule has 0 aliphatic rings. The monoisotopic (exact) mass is 342 g/mol. The summed E-state index contributed by atoms with van der Waals surface area (Å²) < 4.78 is 28.3. The molecule has 1 heterocycles. The maximum absolute atomic E-state index is 12.0. The van der Waals surface area contributed by atoms with E-state index in [0.717, 1.165) is 4.88 Å². The van der Waals surface area contributed by atoms with Crippen LogP contribution in [0.25, 0.3) is 0 Å². The van der Waals surface area contributed by atoms with Gasteiger partial charge in [-0.3, -0.25) is 4.79 Å². The van der Waals surface area contributed by atoms with Crippen molar-refractivity contribution in [1.82, 2.24) is 5.32 Å². The van der Waals surface area contributed by atoms with E-state index in [0.29, 0.717) is 17.7 Å². The summed E-state index contributed by atoms with van der Waals surface area (Å²) in [4.78, 5) is 11.9. The quantitative estimate of drug-likeness (QED) is 0.687. The fourth-order valence-electron chi connectivity index (χ4n) is 1.92. The van der Waals surface area contributed by atoms with Gasteiger partial charge >= 0.3 is 6.61 Å². The van der Waals surface area contributed by atoms with E-state index >= 15 is 0 Å². The second kappa shape index (κ2) is 8.00. The molecule has 2 rings (SSSR count). The Kier molecular flexibility index (Phi) is 6.03. The topological polar surface area (TPSA) is 84.6 Å². The minimum absolute atomic E-state index is 0.0430. The van der Waals surface area contributed by atoms with Gasteiger partial charge in [0.2, 0.25) is 5.91 Å². The first kappa shape index (κ1) is 17.3. The highest BCUT2D eigenvalue weighted by Crippen LogP contribution is 2.19. The molecule has 1 aromatic heterocycles. The van der Waals surface area contributed by atoms with Gasteiger partial charge in [-0.25, -0.2) is 0 Å². The summed E-state index contributed by atoms with van der Waals surface area (Å²) in [6.45, 7) is -2.11. The van der Waals surface area contributed by atoms with E-state index in [4.69, 9.17) is 5.73 Å². The SMILES string of the molecule is NC(=O)c1csc(CNCC(O)c2ccc(OC(F)F)cc2)c1. The average Bonchev–Trinajstić information content (AvgIpc) is 2.96. The maximum atomic E-state index is 12.0. The molecule has 0 fully saturated rings. The van der Waals surface area contributed by atoms with Gasteiger partial charge in [0, 0.05) is 23.3 Å². The second-order valence-corrected chi connectivity index (χ2v) is 5.76. The molecule has 1 atom stereocenters. The van der Waals surface area contributed by atoms with Crippen molar-refractivity contribution in [2.75, 3.05) is 6.54 Å². The van der Waals surface area contributed by atoms with E-state index in [1.165, 1.54) is 35.6 Å². The van der Waals surface area contributed by atoms with Crippen LogP contribution in [0.5, 0.6) is 5.75 Å². The Balaban J connectivity index is 1.81. The van der Waals surface area contributed by atoms with Crippen LogP contribution in [0.1, 0.15) is 26.9 Å². The fraction of sp³-hybridized carbons (Fsp3) is 0.267. The number of carbonyl (C=O) groups excluding carboxylic acids is 1. The lowest BCUT2D eigenvalue weighted by Crippen LogP contribution is -2.20. The third-order valence-electron chi connectivity index (χ3n) is 3.07. The number of benzene rings is 1. The molecule has 4 N–H and O–H groups in total. The summed E-state index contributed by atoms with van der Waals surface area (Å²) in [5, 5.41) is 14.8. The molecular weight excluding hydrogens is 326 g/mol. The van der Waals surface area contributed by atoms with Gasteiger partial charge in [-0.05, 0) is 23.8 Å². The molecule has 0 saturated carbocycles. The molecule has 0 spiro atoms. The van der Waals surface area contributed by atoms with Crippen LogP contribution in [0, 0.1) is 0 Å². The Labute approximate surface area is 135 Å². The normalized spacial score (nSPS) is 12.3. The van der Waals surface area contributed by atoms with Crippen molar-refractivity contribution in [3.63, 3.8) is 0 Å². The third kappa shape index (κ3) is 5.27. The van der Waals surface area contributed by atoms with E-state index in [-0.39, 0.29) is 12.3 Å². The van der Waals surface area contributed by atoms with Crippen LogP contribution in [0.3, 0.4) is 0 Å². The van der Waals surface area contributed by atoms with E-state index < -0.39 is 18.6 Å². The number of carbonyl (C=O) groups is 1. The number of thiophene rings is 1. The first-order chi connectivity index (χ1) is 11.0. The Morgan fingerprint density at radius 2 is 2.04 bits per heavy atom. The van der Waals surface area contributed by atoms with Crippen LogP contribution in [-0.4, -0.2) is 24.2 Å². The number of aliphatic hydroxyl groups is 1. The lowest BCUT2D eigenvalue weighted by Gasteiger charge is -2.12. The van der Waals surface area contributed by atoms with Gasteiger partial charge in [0.1, 0.15) is 5.75 Å². The molecule has 5 nitrogen and oxygen atoms in total. The minimum Gasteiger partial charge on any atom is -0.435 e. The van der Waals surface area contributed by atoms with E-state index in [2.05, 4.69) is 10.1 Å². The third-order valence-corrected chi connectivity index (χ3v) is 4.00. The predicted octanol–water partition coefficient (Wildman–Crippen LogP) is 2.27. The molecule has 23 heavy (non-hydrogen) atoms. The van der Waals surface area contributed by atoms with Crippen LogP contribution >= 0.6 is 11.3 Å². The minimum atomic E-state index is -2.87. The summed E-state index contributed by atoms with van der Waals surface area (Å²) in [7, 11) is 0. The van der Waals surface area contributed by atoms with E-state index in [1.807, 2.05) is 0 Å². The summed E-state index contributed by atoms with van der Waals surface area (Å²) in [5.74, 6) is -0.430. The van der Waals surface area contributed by atoms with Crippen LogP contribution in [0.15, 0.2) is 35.7 Å². The summed E-state index contributed by atoms with van der Waals surface area (Å²) in [6, 6.07) is 7.51. The smallest absolute Gasteiger partial charge is 0.387 e. The van der Waals surface area contributed by atoms with E-state index in [1.54, 1.807) is 11.4 Å². The Hall–Kier alpha value is -2.03. The van der Waals surface area contributed by atoms with Gasteiger partial charge in [0.15, 0.2) is 0 Å². The lowest BCUT2D eigenvalue weighted by atomic mass is 10.1. The first-order valence-corrected chi connectivity index (χ1v) is 7.64. The Morgan fingerprint density at radius 3 is 2.61 bits per heavy atom. The molecule has 1 amide bonds. The van der Waals surface area contributed by atoms with Gasteiger partial charge < -0.3 is 20.9 Å². The fourth-order valence-corrected chi connectivity index (χ4v) is 2.77. The number of ether oxygens (including phenoxy) is 1. The van der Waals surface area contributed by atoms with Crippen molar-refractivity contribution in [2.45, 2.75) is 19.3 Å². The van der Waals surface area contributed by atoms with Gasteiger partial charge in [-0.15, -0.1) is 11.3 Å². The molecule has 0 radical (unpaired) electrons. The van der Waals surface area contributed by atoms with Gasteiger partial charge in [-0.1, -0.05) is 12.1 Å². The molecule has 1 aromatic carbocycles. The van der Waals surface area contributed by atoms with Crippen LogP contribution in [0.4, 0.5) is 8.78 Å². The molecule has 0 saturated heterocycles. The number of hydrogen-bond donors (Lipinski definition) is 3. The Morgan fingerprint density at radius 1 is 1.35 bits per heavy atom. The van der Waals surface area contributed by atoms with Crippen molar-refractivity contribution in [2.24, 2.45) is 5.73 Å². The zero-order chi connectivity index (χ0) is 16.8. The number of nitrogens with one attached hydrogen (secondary N) is 1. The summed E-state index contributed by atoms with van der Waals surface area (Å²) in [6.07, 6.45) is -0.786. The molecule has 1 unspecified atom stereocenters. The molecule has 0 bridgehead atoms. The second-order valence-electron chi connectivity index (χ2n) is 4.76. The van der Waals surface area contributed by atoms with Gasteiger partial charge in [-0.2, -0.15) is 8.78 Å². The van der Waals surface area contributed by atoms with E-state index in [9.17, 15) is 18.7 Å². The number of primary amides is 1. The van der Waals surface area contributed by atoms with Crippen LogP contribution in [0.2, 0.25) is 0 Å². The zero-order valence-electron chi connectivity index (χ0n) is 12.0. The van der Waals surface area contributed by atoms with Crippen molar-refractivity contribution in [3.8, 4) is 5.75 Å². The number of rotatable bonds is 8. The number of aliphatic hydroxyl groups excluding tert-OH is 1. The van der Waals surface area contributed by atoms with Crippen LogP contribution in [-0.2, 0) is 6.54 Å². The lowest BCUT2D eigenvalue weighted by molar-refractivity contribution is -0.0498. The van der Waals surface area contributed by atoms with Crippen molar-refractivity contribution in [1.29, 1.82) is 0 Å². The van der Waals surface area contributed by atoms with Crippen molar-refractivity contribution >= 4 is 17.2 Å². The summed E-state index contributed by atoms with van der Waals surface area (Å²) >= 11 is 1.40. The standard InChI is InChI=1S/C15H16F2N2O3S/c16-15(17)22-11-3-1-9(2-4-11)13(20)7-19-6-12-5-10(8-23-12)14(18)21/h1-5,8,13,15,19-20H,6-7H2,(H2,18,21). The summed E-state index contributed by atoms with van der Waals surface area (Å²) in [5.41, 5.74) is 6.22. The van der Waals surface area contributed by atoms with Crippen molar-refractivity contribution in [3.05, 3.63) is 51.7 Å². The van der Waals surface area contributed by atoms with Gasteiger partial charge in [0.05, 0.1) is 11.7 Å². The highest BCUT2D eigenvalue weighted by molar-refractivity contribution is 7.10. The molecule has 0 aliphatic carbocycles. The highest BCUT2D eigenvalue weighted by Gasteiger charge is 2.10. The number of nitrogens with two attached hydrogens (primary N) is 1. The molecule has 8 heteroatoms. The number of amides is 1. The zero-order valence-corrected chi connectivity index (χ0v) is 12.9. The number of halogens is 2. The predicted molar refractivity (Wildman–Crippen MR) is 82.6 cm³/mol. The van der Waals surface area contributed by atoms with Gasteiger partial charge in [0.25, 0.3) is 0 Å². The first-order valence-electron chi connectivity index (χ1n) is 6.76. The average molecular weight is 342 g/mol. The molecule has 0 aliphatic heterocycles. The number of alkyl halides is 2. The van der Waals surface area contributed by atoms with Crippen LogP contribution < -0.4 is 15.8 Å². The molecule has 2 aromatic rings.